The molecular formula is C25H26N2O5S2. The average molecular weight is 499 g/mol. The van der Waals surface area contributed by atoms with Crippen LogP contribution in [0.3, 0.4) is 0 Å². The number of carbonyl (C=O) groups is 2. The predicted molar refractivity (Wildman–Crippen MR) is 133 cm³/mol. The molecule has 0 atom stereocenters. The molecule has 4 rings (SSSR count). The number of anilines is 2. The van der Waals surface area contributed by atoms with Crippen molar-refractivity contribution in [3.63, 3.8) is 0 Å². The third-order valence-corrected chi connectivity index (χ3v) is 8.81. The van der Waals surface area contributed by atoms with Gasteiger partial charge in [-0.05, 0) is 61.1 Å². The lowest BCUT2D eigenvalue weighted by Crippen LogP contribution is -2.38. The van der Waals surface area contributed by atoms with E-state index < -0.39 is 28.4 Å². The van der Waals surface area contributed by atoms with E-state index in [4.69, 9.17) is 4.74 Å². The maximum absolute atomic E-state index is 13.5. The number of sulfonamides is 1. The van der Waals surface area contributed by atoms with E-state index in [0.29, 0.717) is 16.3 Å². The second kappa shape index (κ2) is 9.99. The summed E-state index contributed by atoms with van der Waals surface area (Å²) in [6.07, 6.45) is 3.37. The summed E-state index contributed by atoms with van der Waals surface area (Å²) in [6, 6.07) is 15.1. The van der Waals surface area contributed by atoms with Gasteiger partial charge in [0.05, 0.1) is 23.3 Å². The molecule has 0 bridgehead atoms. The van der Waals surface area contributed by atoms with Crippen LogP contribution in [0.25, 0.3) is 0 Å². The van der Waals surface area contributed by atoms with Crippen LogP contribution < -0.4 is 9.62 Å². The molecule has 0 aliphatic heterocycles. The van der Waals surface area contributed by atoms with Crippen molar-refractivity contribution in [3.05, 3.63) is 76.2 Å². The van der Waals surface area contributed by atoms with Gasteiger partial charge in [0.2, 0.25) is 5.91 Å². The van der Waals surface area contributed by atoms with Gasteiger partial charge in [-0.3, -0.25) is 9.10 Å². The monoisotopic (exact) mass is 498 g/mol. The second-order valence-electron chi connectivity index (χ2n) is 7.95. The van der Waals surface area contributed by atoms with E-state index in [0.717, 1.165) is 46.0 Å². The highest BCUT2D eigenvalue weighted by atomic mass is 32.2. The first-order valence-corrected chi connectivity index (χ1v) is 13.3. The van der Waals surface area contributed by atoms with E-state index in [1.165, 1.54) is 30.6 Å². The number of hydrogen-bond acceptors (Lipinski definition) is 6. The maximum Gasteiger partial charge on any atom is 0.341 e. The Kier molecular flexibility index (Phi) is 7.04. The van der Waals surface area contributed by atoms with E-state index in [1.54, 1.807) is 30.3 Å². The third kappa shape index (κ3) is 4.71. The van der Waals surface area contributed by atoms with Crippen molar-refractivity contribution >= 4 is 43.9 Å². The minimum Gasteiger partial charge on any atom is -0.465 e. The van der Waals surface area contributed by atoms with Crippen molar-refractivity contribution in [2.24, 2.45) is 0 Å². The summed E-state index contributed by atoms with van der Waals surface area (Å²) in [5.74, 6) is -1.04. The van der Waals surface area contributed by atoms with Gasteiger partial charge in [-0.25, -0.2) is 13.2 Å². The average Bonchev–Trinajstić information content (AvgIpc) is 3.43. The van der Waals surface area contributed by atoms with Crippen molar-refractivity contribution in [2.45, 2.75) is 37.5 Å². The number of aryl methyl sites for hydroxylation is 2. The number of ether oxygens (including phenoxy) is 1. The largest absolute Gasteiger partial charge is 0.465 e. The number of nitrogens with zero attached hydrogens (tertiary/aromatic N) is 1. The Hall–Kier alpha value is -3.17. The zero-order valence-electron chi connectivity index (χ0n) is 19.0. The van der Waals surface area contributed by atoms with E-state index in [2.05, 4.69) is 5.32 Å². The first-order chi connectivity index (χ1) is 16.3. The molecule has 1 N–H and O–H groups in total. The Morgan fingerprint density at radius 3 is 2.41 bits per heavy atom. The summed E-state index contributed by atoms with van der Waals surface area (Å²) >= 11 is 1.35. The lowest BCUT2D eigenvalue weighted by molar-refractivity contribution is -0.114. The van der Waals surface area contributed by atoms with Gasteiger partial charge in [0.25, 0.3) is 10.0 Å². The zero-order valence-corrected chi connectivity index (χ0v) is 20.7. The number of hydrogen-bond donors (Lipinski definition) is 1. The number of nitrogens with one attached hydrogen (secondary N) is 1. The van der Waals surface area contributed by atoms with Crippen LogP contribution in [-0.4, -0.2) is 33.9 Å². The molecule has 9 heteroatoms. The number of rotatable bonds is 8. The Morgan fingerprint density at radius 2 is 1.76 bits per heavy atom. The number of carbonyl (C=O) groups excluding carboxylic acids is 2. The molecule has 3 aromatic rings. The molecule has 0 fully saturated rings. The highest BCUT2D eigenvalue weighted by Gasteiger charge is 2.30. The lowest BCUT2D eigenvalue weighted by atomic mass is 10.1. The first-order valence-electron chi connectivity index (χ1n) is 11.0. The molecule has 0 saturated heterocycles. The van der Waals surface area contributed by atoms with Crippen LogP contribution in [0.4, 0.5) is 10.7 Å². The number of thiophene rings is 1. The molecule has 1 amide bonds. The van der Waals surface area contributed by atoms with Gasteiger partial charge in [0.1, 0.15) is 11.5 Å². The molecule has 0 unspecified atom stereocenters. The highest BCUT2D eigenvalue weighted by Crippen LogP contribution is 2.39. The van der Waals surface area contributed by atoms with Gasteiger partial charge in [0.15, 0.2) is 0 Å². The quantitative estimate of drug-likeness (QED) is 0.464. The van der Waals surface area contributed by atoms with Crippen molar-refractivity contribution in [2.75, 3.05) is 23.3 Å². The molecule has 0 saturated carbocycles. The zero-order chi connectivity index (χ0) is 24.3. The summed E-state index contributed by atoms with van der Waals surface area (Å²) in [6.45, 7) is 1.57. The number of fused-ring (bicyclic) bond motifs is 1. The van der Waals surface area contributed by atoms with E-state index in [-0.39, 0.29) is 4.90 Å². The van der Waals surface area contributed by atoms with E-state index in [1.807, 2.05) is 19.1 Å². The smallest absolute Gasteiger partial charge is 0.341 e. The fourth-order valence-electron chi connectivity index (χ4n) is 4.04. The summed E-state index contributed by atoms with van der Waals surface area (Å²) < 4.78 is 33.0. The van der Waals surface area contributed by atoms with Crippen LogP contribution >= 0.6 is 11.3 Å². The highest BCUT2D eigenvalue weighted by molar-refractivity contribution is 7.92. The molecule has 0 radical (unpaired) electrons. The van der Waals surface area contributed by atoms with Crippen LogP contribution in [0.2, 0.25) is 0 Å². The van der Waals surface area contributed by atoms with Gasteiger partial charge >= 0.3 is 5.97 Å². The maximum atomic E-state index is 13.5. The van der Waals surface area contributed by atoms with Crippen molar-refractivity contribution in [1.29, 1.82) is 0 Å². The third-order valence-electron chi connectivity index (χ3n) is 5.81. The summed E-state index contributed by atoms with van der Waals surface area (Å²) in [7, 11) is -2.70. The fourth-order valence-corrected chi connectivity index (χ4v) is 6.78. The van der Waals surface area contributed by atoms with Crippen molar-refractivity contribution in [3.8, 4) is 0 Å². The van der Waals surface area contributed by atoms with Gasteiger partial charge in [0, 0.05) is 4.88 Å². The molecule has 2 aromatic carbocycles. The number of methoxy groups -OCH3 is 1. The molecule has 178 valence electrons. The van der Waals surface area contributed by atoms with Crippen LogP contribution in [0, 0.1) is 0 Å². The molecule has 7 nitrogen and oxygen atoms in total. The topological polar surface area (TPSA) is 92.8 Å². The number of amides is 1. The van der Waals surface area contributed by atoms with E-state index >= 15 is 0 Å². The Labute approximate surface area is 203 Å². The lowest BCUT2D eigenvalue weighted by Gasteiger charge is -2.24. The Morgan fingerprint density at radius 1 is 1.06 bits per heavy atom. The number of benzene rings is 2. The fraction of sp³-hybridized carbons (Fsp3) is 0.280. The minimum absolute atomic E-state index is 0.0905. The van der Waals surface area contributed by atoms with Crippen LogP contribution in [-0.2, 0) is 38.8 Å². The van der Waals surface area contributed by atoms with Crippen molar-refractivity contribution < 1.29 is 22.7 Å². The summed E-state index contributed by atoms with van der Waals surface area (Å²) in [5.41, 5.74) is 2.73. The second-order valence-corrected chi connectivity index (χ2v) is 10.9. The van der Waals surface area contributed by atoms with Crippen LogP contribution in [0.1, 0.15) is 39.7 Å². The molecular weight excluding hydrogens is 472 g/mol. The molecule has 0 spiro atoms. The molecule has 1 aromatic heterocycles. The summed E-state index contributed by atoms with van der Waals surface area (Å²) in [5, 5.41) is 3.18. The van der Waals surface area contributed by atoms with Gasteiger partial charge in [-0.2, -0.15) is 0 Å². The Bertz CT molecular complexity index is 1300. The normalized spacial score (nSPS) is 12.8. The van der Waals surface area contributed by atoms with Crippen LogP contribution in [0.15, 0.2) is 59.5 Å². The molecule has 1 heterocycles. The van der Waals surface area contributed by atoms with Crippen molar-refractivity contribution in [1.82, 2.24) is 0 Å². The van der Waals surface area contributed by atoms with Crippen LogP contribution in [0.5, 0.6) is 0 Å². The van der Waals surface area contributed by atoms with Gasteiger partial charge < -0.3 is 10.1 Å². The van der Waals surface area contributed by atoms with Gasteiger partial charge in [-0.1, -0.05) is 37.3 Å². The summed E-state index contributed by atoms with van der Waals surface area (Å²) in [4.78, 5) is 26.7. The molecule has 1 aliphatic rings. The van der Waals surface area contributed by atoms with E-state index in [9.17, 15) is 18.0 Å². The SMILES string of the molecule is CCc1ccc(N(CC(=O)Nc2sc3c(c2C(=O)OC)CCC3)S(=O)(=O)c2ccccc2)cc1. The molecule has 1 aliphatic carbocycles. The first kappa shape index (κ1) is 24.0. The van der Waals surface area contributed by atoms with Gasteiger partial charge in [-0.15, -0.1) is 11.3 Å². The number of esters is 1. The standard InChI is InChI=1S/C25H26N2O5S2/c1-3-17-12-14-18(15-13-17)27(34(30,31)19-8-5-4-6-9-19)16-22(28)26-24-23(25(29)32-2)20-10-7-11-21(20)33-24/h4-6,8-9,12-15H,3,7,10-11,16H2,1-2H3,(H,26,28). The predicted octanol–water partition coefficient (Wildman–Crippen LogP) is 4.42. The minimum atomic E-state index is -4.00. The Balaban J connectivity index is 1.66. The molecule has 34 heavy (non-hydrogen) atoms.